The first-order chi connectivity index (χ1) is 6.69. The molecule has 1 aromatic carbocycles. The van der Waals surface area contributed by atoms with Gasteiger partial charge in [-0.05, 0) is 17.7 Å². The Morgan fingerprint density at radius 1 is 1.40 bits per heavy atom. The molecule has 1 aromatic rings. The van der Waals surface area contributed by atoms with Gasteiger partial charge < -0.3 is 14.6 Å². The maximum atomic E-state index is 11.0. The van der Waals surface area contributed by atoms with E-state index in [0.29, 0.717) is 11.3 Å². The summed E-state index contributed by atoms with van der Waals surface area (Å²) < 4.78 is 9.37. The maximum Gasteiger partial charge on any atom is 0.339 e. The molecule has 1 atom stereocenters. The van der Waals surface area contributed by atoms with E-state index in [0.717, 1.165) is 0 Å². The monoisotopic (exact) mass is 232 g/mol. The van der Waals surface area contributed by atoms with Gasteiger partial charge in [-0.15, -0.1) is 12.4 Å². The number of halogens is 1. The molecule has 0 saturated heterocycles. The third-order valence-corrected chi connectivity index (χ3v) is 1.83. The van der Waals surface area contributed by atoms with Gasteiger partial charge >= 0.3 is 5.97 Å². The average molecular weight is 233 g/mol. The number of hydrogen-bond acceptors (Lipinski definition) is 4. The fraction of sp³-hybridized carbons (Fsp3) is 0.300. The second kappa shape index (κ2) is 6.27. The molecule has 0 aliphatic carbocycles. The van der Waals surface area contributed by atoms with Gasteiger partial charge in [-0.2, -0.15) is 0 Å². The third-order valence-electron chi connectivity index (χ3n) is 1.83. The van der Waals surface area contributed by atoms with E-state index in [2.05, 4.69) is 4.74 Å². The summed E-state index contributed by atoms with van der Waals surface area (Å²) in [5.41, 5.74) is 0.455. The van der Waals surface area contributed by atoms with Crippen LogP contribution < -0.4 is 4.74 Å². The molecule has 0 saturated carbocycles. The van der Waals surface area contributed by atoms with Crippen molar-refractivity contribution in [3.05, 3.63) is 29.8 Å². The Balaban J connectivity index is 0.00000196. The lowest BCUT2D eigenvalue weighted by Crippen LogP contribution is -2.13. The van der Waals surface area contributed by atoms with E-state index in [1.165, 1.54) is 14.2 Å². The Hall–Kier alpha value is -1.26. The molecule has 0 aromatic heterocycles. The molecule has 1 rings (SSSR count). The topological polar surface area (TPSA) is 55.8 Å². The highest BCUT2D eigenvalue weighted by atomic mass is 35.5. The minimum absolute atomic E-state index is 0. The van der Waals surface area contributed by atoms with Crippen LogP contribution in [-0.2, 0) is 9.53 Å². The minimum Gasteiger partial charge on any atom is -0.497 e. The number of methoxy groups -OCH3 is 2. The average Bonchev–Trinajstić information content (AvgIpc) is 2.27. The van der Waals surface area contributed by atoms with Crippen molar-refractivity contribution in [3.8, 4) is 5.75 Å². The Morgan fingerprint density at radius 3 is 2.60 bits per heavy atom. The quantitative estimate of drug-likeness (QED) is 0.799. The fourth-order valence-corrected chi connectivity index (χ4v) is 1.06. The molecular weight excluding hydrogens is 220 g/mol. The van der Waals surface area contributed by atoms with Crippen molar-refractivity contribution >= 4 is 18.4 Å². The zero-order valence-electron chi connectivity index (χ0n) is 8.47. The lowest BCUT2D eigenvalue weighted by Gasteiger charge is -2.09. The largest absolute Gasteiger partial charge is 0.497 e. The molecule has 0 radical (unpaired) electrons. The van der Waals surface area contributed by atoms with Gasteiger partial charge in [-0.3, -0.25) is 0 Å². The summed E-state index contributed by atoms with van der Waals surface area (Å²) in [6.07, 6.45) is -1.25. The number of benzene rings is 1. The first-order valence-corrected chi connectivity index (χ1v) is 4.09. The number of esters is 1. The lowest BCUT2D eigenvalue weighted by atomic mass is 10.1. The highest BCUT2D eigenvalue weighted by Gasteiger charge is 2.17. The van der Waals surface area contributed by atoms with E-state index in [9.17, 15) is 9.90 Å². The normalized spacial score (nSPS) is 11.1. The van der Waals surface area contributed by atoms with Gasteiger partial charge in [0.2, 0.25) is 0 Å². The summed E-state index contributed by atoms with van der Waals surface area (Å²) in [7, 11) is 2.75. The van der Waals surface area contributed by atoms with E-state index in [-0.39, 0.29) is 12.4 Å². The van der Waals surface area contributed by atoms with Crippen LogP contribution in [-0.4, -0.2) is 25.3 Å². The van der Waals surface area contributed by atoms with Crippen LogP contribution in [0.1, 0.15) is 11.7 Å². The lowest BCUT2D eigenvalue weighted by molar-refractivity contribution is -0.150. The van der Waals surface area contributed by atoms with Crippen LogP contribution in [0.2, 0.25) is 0 Å². The molecule has 0 aliphatic heterocycles. The smallest absolute Gasteiger partial charge is 0.339 e. The SMILES string of the molecule is COC(=O)C(O)c1cccc(OC)c1.Cl. The van der Waals surface area contributed by atoms with Crippen LogP contribution in [0.4, 0.5) is 0 Å². The molecule has 84 valence electrons. The van der Waals surface area contributed by atoms with E-state index in [1.54, 1.807) is 24.3 Å². The molecule has 1 N–H and O–H groups in total. The standard InChI is InChI=1S/C10H12O4.ClH/c1-13-8-5-3-4-7(6-8)9(11)10(12)14-2;/h3-6,9,11H,1-2H3;1H. The van der Waals surface area contributed by atoms with Gasteiger partial charge in [0, 0.05) is 0 Å². The summed E-state index contributed by atoms with van der Waals surface area (Å²) in [5.74, 6) is -0.0938. The third kappa shape index (κ3) is 3.42. The Labute approximate surface area is 94.2 Å². The summed E-state index contributed by atoms with van der Waals surface area (Å²) in [4.78, 5) is 11.0. The first-order valence-electron chi connectivity index (χ1n) is 4.09. The number of hydrogen-bond donors (Lipinski definition) is 1. The molecule has 4 nitrogen and oxygen atoms in total. The molecule has 5 heteroatoms. The molecular formula is C10H13ClO4. The van der Waals surface area contributed by atoms with Gasteiger partial charge in [-0.25, -0.2) is 4.79 Å². The predicted octanol–water partition coefficient (Wildman–Crippen LogP) is 1.32. The number of ether oxygens (including phenoxy) is 2. The Bertz CT molecular complexity index is 327. The number of carbonyl (C=O) groups excluding carboxylic acids is 1. The van der Waals surface area contributed by atoms with Gasteiger partial charge in [-0.1, -0.05) is 12.1 Å². The van der Waals surface area contributed by atoms with Crippen molar-refractivity contribution < 1.29 is 19.4 Å². The van der Waals surface area contributed by atoms with Crippen LogP contribution >= 0.6 is 12.4 Å². The molecule has 0 heterocycles. The first kappa shape index (κ1) is 13.7. The Morgan fingerprint density at radius 2 is 2.07 bits per heavy atom. The maximum absolute atomic E-state index is 11.0. The van der Waals surface area contributed by atoms with Crippen LogP contribution in [0.25, 0.3) is 0 Å². The number of carbonyl (C=O) groups is 1. The second-order valence-corrected chi connectivity index (χ2v) is 2.70. The van der Waals surface area contributed by atoms with Crippen molar-refractivity contribution in [2.45, 2.75) is 6.10 Å². The minimum atomic E-state index is -1.25. The number of rotatable bonds is 3. The van der Waals surface area contributed by atoms with Gasteiger partial charge in [0.05, 0.1) is 14.2 Å². The van der Waals surface area contributed by atoms with Crippen molar-refractivity contribution in [3.63, 3.8) is 0 Å². The zero-order valence-corrected chi connectivity index (χ0v) is 9.28. The van der Waals surface area contributed by atoms with E-state index in [1.807, 2.05) is 0 Å². The molecule has 1 unspecified atom stereocenters. The van der Waals surface area contributed by atoms with E-state index in [4.69, 9.17) is 4.74 Å². The van der Waals surface area contributed by atoms with Crippen LogP contribution in [0, 0.1) is 0 Å². The molecule has 0 spiro atoms. The highest BCUT2D eigenvalue weighted by molar-refractivity contribution is 5.85. The van der Waals surface area contributed by atoms with Crippen molar-refractivity contribution in [1.29, 1.82) is 0 Å². The molecule has 15 heavy (non-hydrogen) atoms. The summed E-state index contributed by atoms with van der Waals surface area (Å²) in [5, 5.41) is 9.48. The van der Waals surface area contributed by atoms with Crippen molar-refractivity contribution in [2.75, 3.05) is 14.2 Å². The fourth-order valence-electron chi connectivity index (χ4n) is 1.06. The zero-order chi connectivity index (χ0) is 10.6. The molecule has 0 amide bonds. The summed E-state index contributed by atoms with van der Waals surface area (Å²) in [6, 6.07) is 6.64. The van der Waals surface area contributed by atoms with Crippen LogP contribution in [0.5, 0.6) is 5.75 Å². The highest BCUT2D eigenvalue weighted by Crippen LogP contribution is 2.19. The van der Waals surface area contributed by atoms with Gasteiger partial charge in [0.25, 0.3) is 0 Å². The Kier molecular flexibility index (Phi) is 5.74. The van der Waals surface area contributed by atoms with Gasteiger partial charge in [0.15, 0.2) is 6.10 Å². The summed E-state index contributed by atoms with van der Waals surface area (Å²) in [6.45, 7) is 0. The van der Waals surface area contributed by atoms with E-state index < -0.39 is 12.1 Å². The van der Waals surface area contributed by atoms with Gasteiger partial charge in [0.1, 0.15) is 5.75 Å². The van der Waals surface area contributed by atoms with Crippen LogP contribution in [0.3, 0.4) is 0 Å². The molecule has 0 bridgehead atoms. The van der Waals surface area contributed by atoms with Crippen molar-refractivity contribution in [1.82, 2.24) is 0 Å². The second-order valence-electron chi connectivity index (χ2n) is 2.70. The van der Waals surface area contributed by atoms with Crippen molar-refractivity contribution in [2.24, 2.45) is 0 Å². The number of aliphatic hydroxyl groups excluding tert-OH is 1. The molecule has 0 fully saturated rings. The van der Waals surface area contributed by atoms with E-state index >= 15 is 0 Å². The predicted molar refractivity (Wildman–Crippen MR) is 57.2 cm³/mol. The van der Waals surface area contributed by atoms with Crippen LogP contribution in [0.15, 0.2) is 24.3 Å². The number of aliphatic hydroxyl groups is 1. The molecule has 0 aliphatic rings. The summed E-state index contributed by atoms with van der Waals surface area (Å²) >= 11 is 0.